The number of nitrogens with zero attached hydrogens (tertiary/aromatic N) is 4. The maximum Gasteiger partial charge on any atom is 0.276 e. The number of likely N-dealkylation sites (tertiary alicyclic amines) is 1. The summed E-state index contributed by atoms with van der Waals surface area (Å²) in [6.45, 7) is 3.57. The summed E-state index contributed by atoms with van der Waals surface area (Å²) in [5.74, 6) is 0.499. The molecule has 6 nitrogen and oxygen atoms in total. The normalized spacial score (nSPS) is 17.0. The lowest BCUT2D eigenvalue weighted by Crippen LogP contribution is -2.32. The standard InChI is InChI=1S/C19H19BrN4O2/c1-2-24-17(9-10-21-24)16-4-3-11-23(16)19(25)15-12-18(26-22-15)13-5-7-14(20)8-6-13/h5-10,12,16H,2-4,11H2,1H3/t16-/m0/s1. The summed E-state index contributed by atoms with van der Waals surface area (Å²) in [5.41, 5.74) is 2.31. The average molecular weight is 415 g/mol. The van der Waals surface area contributed by atoms with E-state index < -0.39 is 0 Å². The van der Waals surface area contributed by atoms with E-state index in [0.717, 1.165) is 41.7 Å². The Hall–Kier alpha value is -2.41. The molecule has 1 aliphatic rings. The lowest BCUT2D eigenvalue weighted by Gasteiger charge is -2.24. The summed E-state index contributed by atoms with van der Waals surface area (Å²) in [6.07, 6.45) is 3.71. The third-order valence-electron chi connectivity index (χ3n) is 4.76. The van der Waals surface area contributed by atoms with Crippen LogP contribution in [0.4, 0.5) is 0 Å². The Labute approximate surface area is 159 Å². The molecule has 1 saturated heterocycles. The third-order valence-corrected chi connectivity index (χ3v) is 5.29. The Morgan fingerprint density at radius 2 is 2.12 bits per heavy atom. The number of aryl methyl sites for hydroxylation is 1. The van der Waals surface area contributed by atoms with Crippen LogP contribution in [0.15, 0.2) is 51.6 Å². The molecule has 134 valence electrons. The van der Waals surface area contributed by atoms with E-state index in [1.807, 2.05) is 39.9 Å². The lowest BCUT2D eigenvalue weighted by atomic mass is 10.1. The van der Waals surface area contributed by atoms with Gasteiger partial charge in [-0.1, -0.05) is 33.2 Å². The molecule has 0 bridgehead atoms. The van der Waals surface area contributed by atoms with Gasteiger partial charge in [0, 0.05) is 35.4 Å². The molecule has 0 aliphatic carbocycles. The topological polar surface area (TPSA) is 64.2 Å². The van der Waals surface area contributed by atoms with Gasteiger partial charge >= 0.3 is 0 Å². The van der Waals surface area contributed by atoms with Gasteiger partial charge in [0.05, 0.1) is 11.7 Å². The van der Waals surface area contributed by atoms with E-state index in [0.29, 0.717) is 11.5 Å². The van der Waals surface area contributed by atoms with Gasteiger partial charge in [-0.25, -0.2) is 0 Å². The molecule has 1 aromatic carbocycles. The van der Waals surface area contributed by atoms with E-state index in [2.05, 4.69) is 33.1 Å². The number of carbonyl (C=O) groups is 1. The van der Waals surface area contributed by atoms with Crippen molar-refractivity contribution in [2.24, 2.45) is 0 Å². The minimum absolute atomic E-state index is 0.0396. The number of hydrogen-bond donors (Lipinski definition) is 0. The van der Waals surface area contributed by atoms with Gasteiger partial charge in [0.2, 0.25) is 0 Å². The number of rotatable bonds is 4. The number of carbonyl (C=O) groups excluding carboxylic acids is 1. The zero-order chi connectivity index (χ0) is 18.1. The Morgan fingerprint density at radius 3 is 2.88 bits per heavy atom. The van der Waals surface area contributed by atoms with Crippen molar-refractivity contribution in [1.29, 1.82) is 0 Å². The van der Waals surface area contributed by atoms with E-state index in [9.17, 15) is 4.79 Å². The fourth-order valence-electron chi connectivity index (χ4n) is 3.48. The van der Waals surface area contributed by atoms with Gasteiger partial charge in [0.15, 0.2) is 11.5 Å². The highest BCUT2D eigenvalue weighted by molar-refractivity contribution is 9.10. The van der Waals surface area contributed by atoms with Gasteiger partial charge < -0.3 is 9.42 Å². The van der Waals surface area contributed by atoms with Crippen molar-refractivity contribution in [2.45, 2.75) is 32.4 Å². The second-order valence-corrected chi connectivity index (χ2v) is 7.23. The van der Waals surface area contributed by atoms with Gasteiger partial charge in [0.1, 0.15) is 0 Å². The SMILES string of the molecule is CCn1nccc1[C@@H]1CCCN1C(=O)c1cc(-c2ccc(Br)cc2)on1. The molecule has 0 N–H and O–H groups in total. The smallest absolute Gasteiger partial charge is 0.276 e. The summed E-state index contributed by atoms with van der Waals surface area (Å²) < 4.78 is 8.35. The predicted molar refractivity (Wildman–Crippen MR) is 101 cm³/mol. The van der Waals surface area contributed by atoms with Gasteiger partial charge in [-0.3, -0.25) is 9.48 Å². The number of amides is 1. The molecule has 2 aromatic heterocycles. The van der Waals surface area contributed by atoms with E-state index in [-0.39, 0.29) is 11.9 Å². The molecule has 4 rings (SSSR count). The molecule has 26 heavy (non-hydrogen) atoms. The largest absolute Gasteiger partial charge is 0.355 e. The number of hydrogen-bond acceptors (Lipinski definition) is 4. The average Bonchev–Trinajstić information content (AvgIpc) is 3.40. The molecule has 3 aromatic rings. The molecule has 1 aliphatic heterocycles. The molecule has 7 heteroatoms. The number of benzene rings is 1. The summed E-state index contributed by atoms with van der Waals surface area (Å²) in [5, 5.41) is 8.35. The molecular formula is C19H19BrN4O2. The van der Waals surface area contributed by atoms with Crippen LogP contribution in [0.2, 0.25) is 0 Å². The van der Waals surface area contributed by atoms with Gasteiger partial charge in [-0.15, -0.1) is 0 Å². The van der Waals surface area contributed by atoms with Crippen molar-refractivity contribution in [3.8, 4) is 11.3 Å². The van der Waals surface area contributed by atoms with E-state index >= 15 is 0 Å². The second-order valence-electron chi connectivity index (χ2n) is 6.31. The second kappa shape index (κ2) is 7.07. The van der Waals surface area contributed by atoms with Crippen molar-refractivity contribution >= 4 is 21.8 Å². The molecule has 0 unspecified atom stereocenters. The van der Waals surface area contributed by atoms with Crippen LogP contribution in [0.1, 0.15) is 42.0 Å². The first-order chi connectivity index (χ1) is 12.7. The molecule has 3 heterocycles. The molecule has 0 saturated carbocycles. The van der Waals surface area contributed by atoms with Crippen molar-refractivity contribution in [3.05, 3.63) is 58.5 Å². The molecular weight excluding hydrogens is 396 g/mol. The van der Waals surface area contributed by atoms with Gasteiger partial charge in [-0.2, -0.15) is 5.10 Å². The minimum atomic E-state index is -0.0940. The Bertz CT molecular complexity index is 916. The van der Waals surface area contributed by atoms with Crippen LogP contribution in [0.5, 0.6) is 0 Å². The van der Waals surface area contributed by atoms with Crippen molar-refractivity contribution in [3.63, 3.8) is 0 Å². The van der Waals surface area contributed by atoms with Crippen LogP contribution < -0.4 is 0 Å². The van der Waals surface area contributed by atoms with Crippen LogP contribution in [0.25, 0.3) is 11.3 Å². The van der Waals surface area contributed by atoms with Gasteiger partial charge in [-0.05, 0) is 38.0 Å². The zero-order valence-electron chi connectivity index (χ0n) is 14.4. The summed E-state index contributed by atoms with van der Waals surface area (Å²) in [6, 6.07) is 11.5. The molecule has 1 fully saturated rings. The Kier molecular flexibility index (Phi) is 4.63. The minimum Gasteiger partial charge on any atom is -0.355 e. The first kappa shape index (κ1) is 17.0. The van der Waals surface area contributed by atoms with Crippen molar-refractivity contribution in [1.82, 2.24) is 19.8 Å². The fourth-order valence-corrected chi connectivity index (χ4v) is 3.75. The molecule has 1 amide bonds. The monoisotopic (exact) mass is 414 g/mol. The van der Waals surface area contributed by atoms with Gasteiger partial charge in [0.25, 0.3) is 5.91 Å². The molecule has 1 atom stereocenters. The Morgan fingerprint density at radius 1 is 1.31 bits per heavy atom. The van der Waals surface area contributed by atoms with Crippen molar-refractivity contribution < 1.29 is 9.32 Å². The van der Waals surface area contributed by atoms with Crippen LogP contribution in [0.3, 0.4) is 0 Å². The highest BCUT2D eigenvalue weighted by Gasteiger charge is 2.33. The van der Waals surface area contributed by atoms with Crippen LogP contribution in [-0.4, -0.2) is 32.3 Å². The van der Waals surface area contributed by atoms with E-state index in [1.54, 1.807) is 12.3 Å². The van der Waals surface area contributed by atoms with Crippen LogP contribution in [0, 0.1) is 0 Å². The van der Waals surface area contributed by atoms with Crippen molar-refractivity contribution in [2.75, 3.05) is 6.54 Å². The predicted octanol–water partition coefficient (Wildman–Crippen LogP) is 4.30. The number of halogens is 1. The highest BCUT2D eigenvalue weighted by atomic mass is 79.9. The first-order valence-electron chi connectivity index (χ1n) is 8.72. The maximum atomic E-state index is 13.0. The molecule has 0 radical (unpaired) electrons. The van der Waals surface area contributed by atoms with Crippen LogP contribution >= 0.6 is 15.9 Å². The fraction of sp³-hybridized carbons (Fsp3) is 0.316. The lowest BCUT2D eigenvalue weighted by molar-refractivity contribution is 0.0719. The van der Waals surface area contributed by atoms with Crippen LogP contribution in [-0.2, 0) is 6.54 Å². The summed E-state index contributed by atoms with van der Waals surface area (Å²) in [4.78, 5) is 14.9. The molecule has 0 spiro atoms. The summed E-state index contributed by atoms with van der Waals surface area (Å²) >= 11 is 3.41. The first-order valence-corrected chi connectivity index (χ1v) is 9.52. The quantitative estimate of drug-likeness (QED) is 0.638. The summed E-state index contributed by atoms with van der Waals surface area (Å²) in [7, 11) is 0. The van der Waals surface area contributed by atoms with E-state index in [4.69, 9.17) is 4.52 Å². The Balaban J connectivity index is 1.58. The number of aromatic nitrogens is 3. The van der Waals surface area contributed by atoms with E-state index in [1.165, 1.54) is 0 Å². The maximum absolute atomic E-state index is 13.0. The third kappa shape index (κ3) is 3.07. The zero-order valence-corrected chi connectivity index (χ0v) is 16.0. The highest BCUT2D eigenvalue weighted by Crippen LogP contribution is 2.33.